The molecule has 2 unspecified atom stereocenters. The molecule has 0 aliphatic carbocycles. The molecule has 0 spiro atoms. The summed E-state index contributed by atoms with van der Waals surface area (Å²) in [4.78, 5) is 22.9. The molecule has 1 heterocycles. The van der Waals surface area contributed by atoms with E-state index in [-0.39, 0.29) is 22.4 Å². The summed E-state index contributed by atoms with van der Waals surface area (Å²) in [6, 6.07) is 3.43. The molecule has 32 heavy (non-hydrogen) atoms. The van der Waals surface area contributed by atoms with Crippen LogP contribution in [0.1, 0.15) is 69.3 Å². The fourth-order valence-corrected chi connectivity index (χ4v) is 6.16. The van der Waals surface area contributed by atoms with E-state index in [1.807, 2.05) is 37.4 Å². The van der Waals surface area contributed by atoms with Crippen LogP contribution in [0.2, 0.25) is 0 Å². The van der Waals surface area contributed by atoms with Crippen LogP contribution in [-0.4, -0.2) is 58.4 Å². The molecule has 6 nitrogen and oxygen atoms in total. The maximum absolute atomic E-state index is 11.7. The lowest BCUT2D eigenvalue weighted by atomic mass is 10.0. The highest BCUT2D eigenvalue weighted by molar-refractivity contribution is 8.04. The largest absolute Gasteiger partial charge is 0.507 e. The Morgan fingerprint density at radius 2 is 2.12 bits per heavy atom. The van der Waals surface area contributed by atoms with Gasteiger partial charge in [0.1, 0.15) is 16.4 Å². The number of thioether (sulfide) groups is 2. The van der Waals surface area contributed by atoms with E-state index in [1.165, 1.54) is 6.92 Å². The van der Waals surface area contributed by atoms with Crippen molar-refractivity contribution in [3.63, 3.8) is 0 Å². The topological polar surface area (TPSA) is 82.1 Å². The van der Waals surface area contributed by atoms with Crippen molar-refractivity contribution in [2.24, 2.45) is 0 Å². The third kappa shape index (κ3) is 8.19. The summed E-state index contributed by atoms with van der Waals surface area (Å²) in [5.74, 6) is 2.37. The number of rotatable bonds is 14. The molecule has 1 aliphatic rings. The second-order valence-electron chi connectivity index (χ2n) is 8.01. The summed E-state index contributed by atoms with van der Waals surface area (Å²) in [5, 5.41) is 10.8. The minimum absolute atomic E-state index is 0.0514. The van der Waals surface area contributed by atoms with Gasteiger partial charge in [0.05, 0.1) is 25.4 Å². The number of phenolic OH excluding ortho intramolecular Hbond substituents is 1. The van der Waals surface area contributed by atoms with Crippen molar-refractivity contribution in [2.75, 3.05) is 31.3 Å². The first-order valence-electron chi connectivity index (χ1n) is 11.3. The number of hydrogen-bond acceptors (Lipinski definition) is 8. The molecule has 0 amide bonds. The van der Waals surface area contributed by atoms with Crippen LogP contribution >= 0.6 is 23.5 Å². The number of carbonyl (C=O) groups is 2. The number of carbonyl (C=O) groups excluding carboxylic acids is 2. The minimum Gasteiger partial charge on any atom is -0.507 e. The number of aromatic hydroxyl groups is 1. The molecular weight excluding hydrogens is 448 g/mol. The Bertz CT molecular complexity index is 769. The van der Waals surface area contributed by atoms with Gasteiger partial charge in [0, 0.05) is 23.0 Å². The second-order valence-corrected chi connectivity index (χ2v) is 10.9. The van der Waals surface area contributed by atoms with Crippen LogP contribution in [0.15, 0.2) is 12.1 Å². The maximum atomic E-state index is 11.7. The molecule has 1 saturated heterocycles. The van der Waals surface area contributed by atoms with E-state index in [2.05, 4.69) is 6.92 Å². The highest BCUT2D eigenvalue weighted by Crippen LogP contribution is 2.42. The first-order valence-corrected chi connectivity index (χ1v) is 13.4. The van der Waals surface area contributed by atoms with Gasteiger partial charge in [-0.05, 0) is 57.9 Å². The Kier molecular flexibility index (Phi) is 11.2. The van der Waals surface area contributed by atoms with Gasteiger partial charge in [-0.2, -0.15) is 11.8 Å². The molecule has 1 aliphatic heterocycles. The number of ketones is 1. The molecule has 180 valence electrons. The van der Waals surface area contributed by atoms with Gasteiger partial charge in [-0.15, -0.1) is 11.8 Å². The van der Waals surface area contributed by atoms with E-state index in [0.717, 1.165) is 29.9 Å². The summed E-state index contributed by atoms with van der Waals surface area (Å²) in [6.45, 7) is 9.04. The SMILES string of the molecule is CCCc1c(OCCCSCC2COC(C)(CCC(=O)OCC)S2)ccc(C(C)=O)c1O. The highest BCUT2D eigenvalue weighted by atomic mass is 32.2. The smallest absolute Gasteiger partial charge is 0.305 e. The van der Waals surface area contributed by atoms with Crippen molar-refractivity contribution >= 4 is 35.3 Å². The van der Waals surface area contributed by atoms with E-state index in [4.69, 9.17) is 14.2 Å². The van der Waals surface area contributed by atoms with Crippen molar-refractivity contribution in [3.8, 4) is 11.5 Å². The third-order valence-corrected chi connectivity index (χ3v) is 8.08. The average molecular weight is 485 g/mol. The normalized spacial score (nSPS) is 20.3. The van der Waals surface area contributed by atoms with E-state index in [9.17, 15) is 14.7 Å². The summed E-state index contributed by atoms with van der Waals surface area (Å²) in [6.07, 6.45) is 3.48. The lowest BCUT2D eigenvalue weighted by Gasteiger charge is -2.21. The van der Waals surface area contributed by atoms with Crippen LogP contribution in [0.4, 0.5) is 0 Å². The summed E-state index contributed by atoms with van der Waals surface area (Å²) in [7, 11) is 0. The standard InChI is InChI=1S/C24H36O6S2/c1-5-8-20-21(10-9-19(17(3)25)23(20)27)29-13-7-14-31-16-18-15-30-24(4,32-18)12-11-22(26)28-6-2/h9-10,18,27H,5-8,11-16H2,1-4H3. The van der Waals surface area contributed by atoms with Gasteiger partial charge in [-0.1, -0.05) is 13.3 Å². The molecule has 2 rings (SSSR count). The zero-order chi connectivity index (χ0) is 23.6. The van der Waals surface area contributed by atoms with E-state index in [1.54, 1.807) is 12.1 Å². The number of ether oxygens (including phenoxy) is 3. The zero-order valence-electron chi connectivity index (χ0n) is 19.6. The molecule has 2 atom stereocenters. The fraction of sp³-hybridized carbons (Fsp3) is 0.667. The third-order valence-electron chi connectivity index (χ3n) is 5.19. The van der Waals surface area contributed by atoms with Gasteiger partial charge >= 0.3 is 5.97 Å². The van der Waals surface area contributed by atoms with Crippen molar-refractivity contribution in [1.29, 1.82) is 0 Å². The second kappa shape index (κ2) is 13.4. The lowest BCUT2D eigenvalue weighted by Crippen LogP contribution is -2.21. The quantitative estimate of drug-likeness (QED) is 0.218. The van der Waals surface area contributed by atoms with E-state index >= 15 is 0 Å². The number of benzene rings is 1. The molecule has 0 radical (unpaired) electrons. The first kappa shape index (κ1) is 26.9. The number of Topliss-reactive ketones (excluding diaryl/α,β-unsaturated/α-hetero) is 1. The molecule has 0 aromatic heterocycles. The molecule has 1 aromatic carbocycles. The van der Waals surface area contributed by atoms with Crippen LogP contribution in [0, 0.1) is 0 Å². The molecule has 1 aromatic rings. The van der Waals surface area contributed by atoms with Gasteiger partial charge in [0.15, 0.2) is 5.78 Å². The average Bonchev–Trinajstić information content (AvgIpc) is 3.12. The van der Waals surface area contributed by atoms with Gasteiger partial charge in [0.25, 0.3) is 0 Å². The van der Waals surface area contributed by atoms with Gasteiger partial charge < -0.3 is 19.3 Å². The zero-order valence-corrected chi connectivity index (χ0v) is 21.2. The molecule has 8 heteroatoms. The molecule has 1 fully saturated rings. The van der Waals surface area contributed by atoms with Crippen LogP contribution in [0.3, 0.4) is 0 Å². The van der Waals surface area contributed by atoms with Crippen molar-refractivity contribution in [2.45, 2.75) is 70.0 Å². The summed E-state index contributed by atoms with van der Waals surface area (Å²) >= 11 is 3.69. The van der Waals surface area contributed by atoms with Crippen LogP contribution in [0.5, 0.6) is 11.5 Å². The Hall–Kier alpha value is -1.38. The van der Waals surface area contributed by atoms with E-state index < -0.39 is 0 Å². The predicted octanol–water partition coefficient (Wildman–Crippen LogP) is 5.24. The van der Waals surface area contributed by atoms with Crippen molar-refractivity contribution < 1.29 is 28.9 Å². The predicted molar refractivity (Wildman–Crippen MR) is 131 cm³/mol. The lowest BCUT2D eigenvalue weighted by molar-refractivity contribution is -0.144. The number of phenols is 1. The summed E-state index contributed by atoms with van der Waals surface area (Å²) in [5.41, 5.74) is 1.07. The van der Waals surface area contributed by atoms with Gasteiger partial charge in [-0.3, -0.25) is 9.59 Å². The highest BCUT2D eigenvalue weighted by Gasteiger charge is 2.37. The number of esters is 1. The van der Waals surface area contributed by atoms with Crippen LogP contribution in [0.25, 0.3) is 0 Å². The van der Waals surface area contributed by atoms with Crippen molar-refractivity contribution in [1.82, 2.24) is 0 Å². The van der Waals surface area contributed by atoms with Crippen LogP contribution < -0.4 is 4.74 Å². The Morgan fingerprint density at radius 3 is 2.81 bits per heavy atom. The minimum atomic E-state index is -0.315. The van der Waals surface area contributed by atoms with Gasteiger partial charge in [0.2, 0.25) is 0 Å². The fourth-order valence-electron chi connectivity index (χ4n) is 3.55. The Balaban J connectivity index is 1.69. The maximum Gasteiger partial charge on any atom is 0.305 e. The number of hydrogen-bond donors (Lipinski definition) is 1. The van der Waals surface area contributed by atoms with Crippen LogP contribution in [-0.2, 0) is 20.7 Å². The summed E-state index contributed by atoms with van der Waals surface area (Å²) < 4.78 is 16.9. The molecule has 0 bridgehead atoms. The molecular formula is C24H36O6S2. The first-order chi connectivity index (χ1) is 15.3. The van der Waals surface area contributed by atoms with Crippen molar-refractivity contribution in [3.05, 3.63) is 23.3 Å². The Morgan fingerprint density at radius 1 is 1.34 bits per heavy atom. The monoisotopic (exact) mass is 484 g/mol. The molecule has 0 saturated carbocycles. The Labute approximate surface area is 200 Å². The molecule has 1 N–H and O–H groups in total. The van der Waals surface area contributed by atoms with Gasteiger partial charge in [-0.25, -0.2) is 0 Å². The van der Waals surface area contributed by atoms with E-state index in [0.29, 0.717) is 55.6 Å².